The molecule has 1 aromatic heterocycles. The number of hydrogen-bond acceptors (Lipinski definition) is 5. The van der Waals surface area contributed by atoms with Gasteiger partial charge in [0.15, 0.2) is 0 Å². The van der Waals surface area contributed by atoms with Crippen LogP contribution >= 0.6 is 0 Å². The topological polar surface area (TPSA) is 81.5 Å². The van der Waals surface area contributed by atoms with E-state index in [1.165, 1.54) is 12.4 Å². The zero-order chi connectivity index (χ0) is 15.5. The number of benzene rings is 1. The molecule has 0 spiro atoms. The summed E-state index contributed by atoms with van der Waals surface area (Å²) in [5, 5.41) is 4.60. The first kappa shape index (κ1) is 14.0. The van der Waals surface area contributed by atoms with Crippen LogP contribution in [0.1, 0.15) is 28.8 Å². The van der Waals surface area contributed by atoms with Crippen LogP contribution in [0.5, 0.6) is 0 Å². The molecule has 1 aliphatic rings. The monoisotopic (exact) mass is 299 g/mol. The normalized spacial score (nSPS) is 14.5. The summed E-state index contributed by atoms with van der Waals surface area (Å²) in [4.78, 5) is 39.6. The summed E-state index contributed by atoms with van der Waals surface area (Å²) in [5.41, 5.74) is 1.22. The second kappa shape index (κ2) is 5.80. The average molecular weight is 299 g/mol. The van der Waals surface area contributed by atoms with Crippen molar-refractivity contribution in [3.05, 3.63) is 53.9 Å². The Morgan fingerprint density at radius 3 is 2.50 bits per heavy atom. The highest BCUT2D eigenvalue weighted by atomic mass is 16.7. The number of carbonyl (C=O) groups excluding carboxylic acids is 3. The molecule has 1 aliphatic heterocycles. The molecule has 0 N–H and O–H groups in total. The largest absolute Gasteiger partial charge is 0.367 e. The lowest BCUT2D eigenvalue weighted by Gasteiger charge is -2.11. The summed E-state index contributed by atoms with van der Waals surface area (Å²) in [6, 6.07) is 9.64. The van der Waals surface area contributed by atoms with Gasteiger partial charge in [0.25, 0.3) is 11.8 Å². The van der Waals surface area contributed by atoms with Crippen molar-refractivity contribution in [2.24, 2.45) is 0 Å². The van der Waals surface area contributed by atoms with Gasteiger partial charge in [-0.15, -0.1) is 5.06 Å². The number of hydroxylamine groups is 2. The maximum atomic E-state index is 11.9. The molecule has 0 radical (unpaired) electrons. The fraction of sp³-hybridized carbons (Fsp3) is 0.200. The Bertz CT molecular complexity index is 707. The number of hydrogen-bond donors (Lipinski definition) is 0. The van der Waals surface area contributed by atoms with Gasteiger partial charge in [-0.05, 0) is 5.56 Å². The highest BCUT2D eigenvalue weighted by Gasteiger charge is 2.33. The number of nitrogens with zero attached hydrogens (tertiary/aromatic N) is 3. The molecule has 0 unspecified atom stereocenters. The van der Waals surface area contributed by atoms with E-state index in [-0.39, 0.29) is 18.4 Å². The number of amides is 2. The summed E-state index contributed by atoms with van der Waals surface area (Å²) in [7, 11) is 0. The molecule has 0 saturated carbocycles. The van der Waals surface area contributed by atoms with Gasteiger partial charge in [0, 0.05) is 19.0 Å². The first-order chi connectivity index (χ1) is 10.6. The highest BCUT2D eigenvalue weighted by molar-refractivity contribution is 6.02. The van der Waals surface area contributed by atoms with Gasteiger partial charge in [0.05, 0.1) is 18.3 Å². The lowest BCUT2D eigenvalue weighted by Crippen LogP contribution is -2.31. The van der Waals surface area contributed by atoms with Crippen LogP contribution < -0.4 is 0 Å². The molecule has 7 heteroatoms. The average Bonchev–Trinajstić information content (AvgIpc) is 3.10. The van der Waals surface area contributed by atoms with E-state index < -0.39 is 17.8 Å². The lowest BCUT2D eigenvalue weighted by molar-refractivity contribution is -0.172. The van der Waals surface area contributed by atoms with Gasteiger partial charge in [-0.2, -0.15) is 5.10 Å². The molecular weight excluding hydrogens is 286 g/mol. The van der Waals surface area contributed by atoms with Gasteiger partial charge in [0.2, 0.25) is 0 Å². The van der Waals surface area contributed by atoms with E-state index in [9.17, 15) is 14.4 Å². The summed E-state index contributed by atoms with van der Waals surface area (Å²) >= 11 is 0. The third kappa shape index (κ3) is 2.88. The Morgan fingerprint density at radius 2 is 1.82 bits per heavy atom. The number of carbonyl (C=O) groups is 3. The minimum Gasteiger partial charge on any atom is -0.325 e. The van der Waals surface area contributed by atoms with E-state index in [0.29, 0.717) is 11.6 Å². The molecule has 22 heavy (non-hydrogen) atoms. The van der Waals surface area contributed by atoms with E-state index in [0.717, 1.165) is 5.56 Å². The smallest absolute Gasteiger partial charge is 0.325 e. The molecule has 112 valence electrons. The van der Waals surface area contributed by atoms with Crippen LogP contribution in [0.2, 0.25) is 0 Å². The first-order valence-corrected chi connectivity index (χ1v) is 6.78. The molecule has 0 bridgehead atoms. The molecule has 2 heterocycles. The van der Waals surface area contributed by atoms with Crippen LogP contribution in [0, 0.1) is 0 Å². The van der Waals surface area contributed by atoms with Gasteiger partial charge in [-0.3, -0.25) is 14.3 Å². The van der Waals surface area contributed by atoms with Crippen molar-refractivity contribution in [2.45, 2.75) is 19.4 Å². The van der Waals surface area contributed by atoms with Gasteiger partial charge in [-0.1, -0.05) is 30.3 Å². The van der Waals surface area contributed by atoms with Gasteiger partial charge >= 0.3 is 5.97 Å². The van der Waals surface area contributed by atoms with Crippen molar-refractivity contribution < 1.29 is 19.2 Å². The van der Waals surface area contributed by atoms with Gasteiger partial charge < -0.3 is 4.84 Å². The van der Waals surface area contributed by atoms with Crippen molar-refractivity contribution >= 4 is 17.8 Å². The fourth-order valence-electron chi connectivity index (χ4n) is 2.12. The molecule has 0 aliphatic carbocycles. The van der Waals surface area contributed by atoms with Crippen LogP contribution in [0.25, 0.3) is 0 Å². The molecule has 1 fully saturated rings. The van der Waals surface area contributed by atoms with Crippen LogP contribution in [-0.2, 0) is 21.0 Å². The molecule has 1 saturated heterocycles. The van der Waals surface area contributed by atoms with Gasteiger partial charge in [0.1, 0.15) is 0 Å². The van der Waals surface area contributed by atoms with E-state index in [2.05, 4.69) is 5.10 Å². The minimum atomic E-state index is -0.775. The van der Waals surface area contributed by atoms with Crippen molar-refractivity contribution in [2.75, 3.05) is 0 Å². The van der Waals surface area contributed by atoms with Crippen LogP contribution in [0.15, 0.2) is 42.7 Å². The van der Waals surface area contributed by atoms with E-state index >= 15 is 0 Å². The number of imide groups is 1. The zero-order valence-corrected chi connectivity index (χ0v) is 11.6. The standard InChI is InChI=1S/C15H13N3O4/c19-13-6-7-14(20)18(13)22-15(21)12-8-16-17(10-12)9-11-4-2-1-3-5-11/h1-5,8,10H,6-7,9H2. The molecular formula is C15H13N3O4. The Kier molecular flexibility index (Phi) is 3.69. The third-order valence-electron chi connectivity index (χ3n) is 3.24. The van der Waals surface area contributed by atoms with Crippen LogP contribution in [0.4, 0.5) is 0 Å². The predicted octanol–water partition coefficient (Wildman–Crippen LogP) is 1.15. The fourth-order valence-corrected chi connectivity index (χ4v) is 2.12. The Hall–Kier alpha value is -2.96. The van der Waals surface area contributed by atoms with Crippen molar-refractivity contribution in [3.8, 4) is 0 Å². The Balaban J connectivity index is 1.67. The molecule has 0 atom stereocenters. The maximum absolute atomic E-state index is 11.9. The van der Waals surface area contributed by atoms with Crippen molar-refractivity contribution in [3.63, 3.8) is 0 Å². The minimum absolute atomic E-state index is 0.0688. The van der Waals surface area contributed by atoms with Crippen molar-refractivity contribution in [1.82, 2.24) is 14.8 Å². The SMILES string of the molecule is O=C(ON1C(=O)CCC1=O)c1cnn(Cc2ccccc2)c1. The number of aromatic nitrogens is 2. The third-order valence-corrected chi connectivity index (χ3v) is 3.24. The Morgan fingerprint density at radius 1 is 1.14 bits per heavy atom. The first-order valence-electron chi connectivity index (χ1n) is 6.78. The molecule has 3 rings (SSSR count). The zero-order valence-electron chi connectivity index (χ0n) is 11.6. The van der Waals surface area contributed by atoms with E-state index in [1.54, 1.807) is 4.68 Å². The quantitative estimate of drug-likeness (QED) is 0.791. The van der Waals surface area contributed by atoms with Crippen molar-refractivity contribution in [1.29, 1.82) is 0 Å². The molecule has 7 nitrogen and oxygen atoms in total. The molecule has 1 aromatic carbocycles. The predicted molar refractivity (Wildman–Crippen MR) is 74.3 cm³/mol. The van der Waals surface area contributed by atoms with E-state index in [4.69, 9.17) is 4.84 Å². The number of rotatable bonds is 4. The second-order valence-electron chi connectivity index (χ2n) is 4.87. The summed E-state index contributed by atoms with van der Waals surface area (Å²) in [6.45, 7) is 0.510. The highest BCUT2D eigenvalue weighted by Crippen LogP contribution is 2.14. The van der Waals surface area contributed by atoms with Crippen LogP contribution in [0.3, 0.4) is 0 Å². The molecule has 2 amide bonds. The van der Waals surface area contributed by atoms with E-state index in [1.807, 2.05) is 30.3 Å². The van der Waals surface area contributed by atoms with Gasteiger partial charge in [-0.25, -0.2) is 4.79 Å². The summed E-state index contributed by atoms with van der Waals surface area (Å²) in [6.07, 6.45) is 3.00. The molecule has 2 aromatic rings. The second-order valence-corrected chi connectivity index (χ2v) is 4.87. The Labute approximate surface area is 126 Å². The lowest BCUT2D eigenvalue weighted by atomic mass is 10.2. The van der Waals surface area contributed by atoms with Crippen LogP contribution in [-0.4, -0.2) is 32.6 Å². The maximum Gasteiger partial charge on any atom is 0.367 e. The summed E-state index contributed by atoms with van der Waals surface area (Å²) in [5.74, 6) is -1.78. The summed E-state index contributed by atoms with van der Waals surface area (Å²) < 4.78 is 1.58.